The first-order valence-corrected chi connectivity index (χ1v) is 7.44. The highest BCUT2D eigenvalue weighted by atomic mass is 16.5. The summed E-state index contributed by atoms with van der Waals surface area (Å²) in [5, 5.41) is 10.5. The lowest BCUT2D eigenvalue weighted by Crippen LogP contribution is -2.50. The highest BCUT2D eigenvalue weighted by molar-refractivity contribution is 5.35. The zero-order valence-electron chi connectivity index (χ0n) is 12.7. The van der Waals surface area contributed by atoms with Crippen LogP contribution in [0, 0.1) is 0 Å². The third-order valence-electron chi connectivity index (χ3n) is 4.05. The molecule has 2 atom stereocenters. The lowest BCUT2D eigenvalue weighted by atomic mass is 10.1. The highest BCUT2D eigenvalue weighted by Gasteiger charge is 2.23. The molecule has 0 spiro atoms. The zero-order chi connectivity index (χ0) is 14.5. The van der Waals surface area contributed by atoms with Gasteiger partial charge in [-0.2, -0.15) is 0 Å². The Kier molecular flexibility index (Phi) is 5.40. The van der Waals surface area contributed by atoms with E-state index in [2.05, 4.69) is 23.8 Å². The summed E-state index contributed by atoms with van der Waals surface area (Å²) < 4.78 is 5.60. The summed E-state index contributed by atoms with van der Waals surface area (Å²) in [4.78, 5) is 4.69. The van der Waals surface area contributed by atoms with Gasteiger partial charge in [0.05, 0.1) is 12.7 Å². The lowest BCUT2D eigenvalue weighted by Gasteiger charge is -2.38. The van der Waals surface area contributed by atoms with E-state index in [4.69, 9.17) is 4.74 Å². The molecule has 0 radical (unpaired) electrons. The molecular weight excluding hydrogens is 252 g/mol. The van der Waals surface area contributed by atoms with Gasteiger partial charge in [0.1, 0.15) is 5.75 Å². The Hall–Kier alpha value is -1.10. The molecular formula is C16H26N2O2. The fraction of sp³-hybridized carbons (Fsp3) is 0.625. The van der Waals surface area contributed by atoms with E-state index in [1.54, 1.807) is 0 Å². The summed E-state index contributed by atoms with van der Waals surface area (Å²) >= 11 is 0. The zero-order valence-corrected chi connectivity index (χ0v) is 12.7. The number of β-amino-alcohol motifs (C(OH)–C–C–N with tert-alkyl or cyclic N) is 1. The Morgan fingerprint density at radius 3 is 2.80 bits per heavy atom. The van der Waals surface area contributed by atoms with Crippen LogP contribution >= 0.6 is 0 Å². The third-order valence-corrected chi connectivity index (χ3v) is 4.05. The predicted octanol–water partition coefficient (Wildman–Crippen LogP) is 1.75. The molecule has 0 saturated carbocycles. The van der Waals surface area contributed by atoms with Gasteiger partial charge >= 0.3 is 0 Å². The molecule has 1 aromatic rings. The molecule has 2 unspecified atom stereocenters. The van der Waals surface area contributed by atoms with Crippen LogP contribution in [0.5, 0.6) is 5.75 Å². The summed E-state index contributed by atoms with van der Waals surface area (Å²) in [6, 6.07) is 8.31. The molecule has 0 amide bonds. The van der Waals surface area contributed by atoms with Crippen molar-refractivity contribution in [2.75, 3.05) is 39.8 Å². The average Bonchev–Trinajstić information content (AvgIpc) is 2.44. The minimum absolute atomic E-state index is 0.492. The minimum Gasteiger partial charge on any atom is -0.493 e. The first-order valence-electron chi connectivity index (χ1n) is 7.44. The van der Waals surface area contributed by atoms with E-state index in [9.17, 15) is 5.11 Å². The number of aliphatic hydroxyl groups is 1. The van der Waals surface area contributed by atoms with Gasteiger partial charge in [-0.1, -0.05) is 18.2 Å². The molecule has 0 aromatic heterocycles. The first kappa shape index (κ1) is 15.3. The maximum absolute atomic E-state index is 10.5. The number of aliphatic hydroxyl groups excluding tert-OH is 1. The van der Waals surface area contributed by atoms with Crippen LogP contribution in [0.2, 0.25) is 0 Å². The smallest absolute Gasteiger partial charge is 0.125 e. The Bertz CT molecular complexity index is 425. The summed E-state index contributed by atoms with van der Waals surface area (Å²) in [7, 11) is 2.16. The number of benzene rings is 1. The van der Waals surface area contributed by atoms with Crippen LogP contribution in [-0.4, -0.2) is 60.8 Å². The molecule has 1 aliphatic heterocycles. The second-order valence-electron chi connectivity index (χ2n) is 5.58. The second-order valence-corrected chi connectivity index (χ2v) is 5.58. The van der Waals surface area contributed by atoms with Crippen LogP contribution in [-0.2, 0) is 0 Å². The van der Waals surface area contributed by atoms with Crippen molar-refractivity contribution in [1.82, 2.24) is 9.80 Å². The summed E-state index contributed by atoms with van der Waals surface area (Å²) in [5.41, 5.74) is 0.890. The fourth-order valence-corrected chi connectivity index (χ4v) is 2.68. The van der Waals surface area contributed by atoms with E-state index in [1.165, 1.54) is 0 Å². The molecule has 1 aromatic carbocycles. The van der Waals surface area contributed by atoms with E-state index >= 15 is 0 Å². The Labute approximate surface area is 122 Å². The molecule has 1 heterocycles. The van der Waals surface area contributed by atoms with Crippen LogP contribution in [0.25, 0.3) is 0 Å². The van der Waals surface area contributed by atoms with Crippen molar-refractivity contribution in [3.63, 3.8) is 0 Å². The molecule has 1 saturated heterocycles. The van der Waals surface area contributed by atoms with E-state index in [0.717, 1.165) is 30.9 Å². The van der Waals surface area contributed by atoms with Crippen molar-refractivity contribution in [3.8, 4) is 5.75 Å². The molecule has 4 nitrogen and oxygen atoms in total. The summed E-state index contributed by atoms with van der Waals surface area (Å²) in [6.45, 7) is 8.55. The van der Waals surface area contributed by atoms with Crippen molar-refractivity contribution in [3.05, 3.63) is 29.8 Å². The summed E-state index contributed by atoms with van der Waals surface area (Å²) in [5.74, 6) is 0.796. The minimum atomic E-state index is -0.492. The molecule has 0 bridgehead atoms. The van der Waals surface area contributed by atoms with Crippen LogP contribution in [0.4, 0.5) is 0 Å². The number of nitrogens with zero attached hydrogens (tertiary/aromatic N) is 2. The second kappa shape index (κ2) is 7.07. The van der Waals surface area contributed by atoms with Gasteiger partial charge in [0, 0.05) is 37.8 Å². The van der Waals surface area contributed by atoms with E-state index in [0.29, 0.717) is 19.2 Å². The average molecular weight is 278 g/mol. The molecule has 2 rings (SSSR count). The Morgan fingerprint density at radius 1 is 1.35 bits per heavy atom. The SMILES string of the molecule is CCOc1ccccc1C(O)CN1CCN(C)C(C)C1. The van der Waals surface area contributed by atoms with Crippen LogP contribution in [0.1, 0.15) is 25.5 Å². The molecule has 1 aliphatic rings. The van der Waals surface area contributed by atoms with Crippen molar-refractivity contribution < 1.29 is 9.84 Å². The van der Waals surface area contributed by atoms with Crippen molar-refractivity contribution >= 4 is 0 Å². The number of para-hydroxylation sites is 1. The standard InChI is InChI=1S/C16H26N2O2/c1-4-20-16-8-6-5-7-14(16)15(19)12-18-10-9-17(3)13(2)11-18/h5-8,13,15,19H,4,9-12H2,1-3H3. The maximum Gasteiger partial charge on any atom is 0.125 e. The Morgan fingerprint density at radius 2 is 2.10 bits per heavy atom. The summed E-state index contributed by atoms with van der Waals surface area (Å²) in [6.07, 6.45) is -0.492. The molecule has 1 N–H and O–H groups in total. The fourth-order valence-electron chi connectivity index (χ4n) is 2.68. The quantitative estimate of drug-likeness (QED) is 0.890. The first-order chi connectivity index (χ1) is 9.61. The number of hydrogen-bond acceptors (Lipinski definition) is 4. The van der Waals surface area contributed by atoms with Crippen LogP contribution in [0.3, 0.4) is 0 Å². The highest BCUT2D eigenvalue weighted by Crippen LogP contribution is 2.26. The monoisotopic (exact) mass is 278 g/mol. The normalized spacial score (nSPS) is 22.7. The van der Waals surface area contributed by atoms with E-state index in [1.807, 2.05) is 31.2 Å². The van der Waals surface area contributed by atoms with E-state index < -0.39 is 6.10 Å². The van der Waals surface area contributed by atoms with Gasteiger partial charge in [0.25, 0.3) is 0 Å². The lowest BCUT2D eigenvalue weighted by molar-refractivity contribution is 0.0557. The molecule has 20 heavy (non-hydrogen) atoms. The van der Waals surface area contributed by atoms with Gasteiger partial charge in [-0.3, -0.25) is 4.90 Å². The molecule has 112 valence electrons. The number of likely N-dealkylation sites (N-methyl/N-ethyl adjacent to an activating group) is 1. The maximum atomic E-state index is 10.5. The molecule has 1 fully saturated rings. The van der Waals surface area contributed by atoms with Gasteiger partial charge in [-0.15, -0.1) is 0 Å². The predicted molar refractivity (Wildman–Crippen MR) is 81.1 cm³/mol. The number of hydrogen-bond donors (Lipinski definition) is 1. The van der Waals surface area contributed by atoms with Gasteiger partial charge < -0.3 is 14.7 Å². The van der Waals surface area contributed by atoms with Crippen molar-refractivity contribution in [2.45, 2.75) is 26.0 Å². The molecule has 4 heteroatoms. The van der Waals surface area contributed by atoms with E-state index in [-0.39, 0.29) is 0 Å². The van der Waals surface area contributed by atoms with Crippen LogP contribution < -0.4 is 4.74 Å². The van der Waals surface area contributed by atoms with Gasteiger partial charge in [-0.25, -0.2) is 0 Å². The number of piperazine rings is 1. The van der Waals surface area contributed by atoms with Gasteiger partial charge in [0.15, 0.2) is 0 Å². The van der Waals surface area contributed by atoms with Crippen molar-refractivity contribution in [1.29, 1.82) is 0 Å². The van der Waals surface area contributed by atoms with Gasteiger partial charge in [0.2, 0.25) is 0 Å². The number of ether oxygens (including phenoxy) is 1. The number of rotatable bonds is 5. The molecule has 0 aliphatic carbocycles. The largest absolute Gasteiger partial charge is 0.493 e. The Balaban J connectivity index is 1.99. The van der Waals surface area contributed by atoms with Crippen LogP contribution in [0.15, 0.2) is 24.3 Å². The topological polar surface area (TPSA) is 35.9 Å². The van der Waals surface area contributed by atoms with Crippen molar-refractivity contribution in [2.24, 2.45) is 0 Å². The van der Waals surface area contributed by atoms with Gasteiger partial charge in [-0.05, 0) is 27.0 Å². The third kappa shape index (κ3) is 3.72.